The highest BCUT2D eigenvalue weighted by Crippen LogP contribution is 2.29. The molecule has 2 rings (SSSR count). The fraction of sp³-hybridized carbons (Fsp3) is 0. The number of primary amides is 1. The van der Waals surface area contributed by atoms with Gasteiger partial charge in [-0.15, -0.1) is 11.3 Å². The van der Waals surface area contributed by atoms with Crippen LogP contribution >= 0.6 is 11.3 Å². The lowest BCUT2D eigenvalue weighted by molar-refractivity contribution is 0.0987. The summed E-state index contributed by atoms with van der Waals surface area (Å²) < 4.78 is 4.82. The third-order valence-corrected chi connectivity index (χ3v) is 2.45. The molecule has 0 radical (unpaired) electrons. The Morgan fingerprint density at radius 3 is 2.86 bits per heavy atom. The molecule has 0 atom stereocenters. The molecule has 0 aromatic carbocycles. The van der Waals surface area contributed by atoms with Crippen molar-refractivity contribution in [1.29, 1.82) is 0 Å². The van der Waals surface area contributed by atoms with Crippen LogP contribution in [0.4, 0.5) is 5.69 Å². The van der Waals surface area contributed by atoms with Gasteiger partial charge < -0.3 is 16.0 Å². The van der Waals surface area contributed by atoms with Crippen molar-refractivity contribution in [2.45, 2.75) is 0 Å². The van der Waals surface area contributed by atoms with Crippen LogP contribution in [0.1, 0.15) is 10.6 Å². The molecule has 6 nitrogen and oxygen atoms in total. The summed E-state index contributed by atoms with van der Waals surface area (Å²) in [5, 5.41) is 5.19. The van der Waals surface area contributed by atoms with Crippen LogP contribution < -0.4 is 11.5 Å². The smallest absolute Gasteiger partial charge is 0.290 e. The van der Waals surface area contributed by atoms with Crippen molar-refractivity contribution in [2.75, 3.05) is 5.73 Å². The summed E-state index contributed by atoms with van der Waals surface area (Å²) in [7, 11) is 0. The molecule has 1 amide bonds. The van der Waals surface area contributed by atoms with E-state index in [9.17, 15) is 4.79 Å². The van der Waals surface area contributed by atoms with Crippen molar-refractivity contribution in [3.05, 3.63) is 17.3 Å². The maximum Gasteiger partial charge on any atom is 0.290 e. The number of hydrogen-bond acceptors (Lipinski definition) is 6. The molecule has 4 N–H and O–H groups in total. The Morgan fingerprint density at radius 2 is 2.36 bits per heavy atom. The van der Waals surface area contributed by atoms with Crippen LogP contribution in [-0.4, -0.2) is 16.0 Å². The SMILES string of the molecule is NC(=O)c1noc(-c2sccc2N)n1. The first-order valence-corrected chi connectivity index (χ1v) is 4.53. The zero-order valence-corrected chi connectivity index (χ0v) is 7.75. The van der Waals surface area contributed by atoms with Gasteiger partial charge in [0.2, 0.25) is 0 Å². The normalized spacial score (nSPS) is 10.3. The first-order valence-electron chi connectivity index (χ1n) is 3.65. The summed E-state index contributed by atoms with van der Waals surface area (Å²) in [6.07, 6.45) is 0. The Morgan fingerprint density at radius 1 is 1.57 bits per heavy atom. The van der Waals surface area contributed by atoms with E-state index in [0.29, 0.717) is 10.6 Å². The number of aromatic nitrogens is 2. The van der Waals surface area contributed by atoms with Gasteiger partial charge in [0.1, 0.15) is 4.88 Å². The van der Waals surface area contributed by atoms with Crippen LogP contribution in [0.15, 0.2) is 16.0 Å². The number of carbonyl (C=O) groups is 1. The minimum Gasteiger partial charge on any atom is -0.397 e. The number of hydrogen-bond donors (Lipinski definition) is 2. The molecule has 72 valence electrons. The van der Waals surface area contributed by atoms with Gasteiger partial charge in [0, 0.05) is 0 Å². The predicted molar refractivity (Wildman–Crippen MR) is 50.5 cm³/mol. The molecule has 2 heterocycles. The van der Waals surface area contributed by atoms with Crippen molar-refractivity contribution in [2.24, 2.45) is 5.73 Å². The minimum atomic E-state index is -0.727. The lowest BCUT2D eigenvalue weighted by Gasteiger charge is -1.88. The molecule has 0 aliphatic carbocycles. The third kappa shape index (κ3) is 1.33. The van der Waals surface area contributed by atoms with Gasteiger partial charge in [0.25, 0.3) is 17.6 Å². The number of amides is 1. The van der Waals surface area contributed by atoms with Gasteiger partial charge in [-0.05, 0) is 11.4 Å². The van der Waals surface area contributed by atoms with Crippen LogP contribution in [-0.2, 0) is 0 Å². The molecule has 0 saturated heterocycles. The number of thiophene rings is 1. The molecule has 0 saturated carbocycles. The molecule has 0 bridgehead atoms. The highest BCUT2D eigenvalue weighted by atomic mass is 32.1. The Kier molecular flexibility index (Phi) is 1.93. The van der Waals surface area contributed by atoms with Crippen LogP contribution in [0.3, 0.4) is 0 Å². The number of nitrogens with two attached hydrogens (primary N) is 2. The Labute approximate surface area is 82.5 Å². The second-order valence-corrected chi connectivity index (χ2v) is 3.41. The molecule has 0 fully saturated rings. The minimum absolute atomic E-state index is 0.146. The molecule has 2 aromatic rings. The Balaban J connectivity index is 2.43. The van der Waals surface area contributed by atoms with E-state index in [1.807, 2.05) is 0 Å². The number of rotatable bonds is 2. The first kappa shape index (κ1) is 8.70. The largest absolute Gasteiger partial charge is 0.397 e. The van der Waals surface area contributed by atoms with Gasteiger partial charge in [0.05, 0.1) is 5.69 Å². The average molecular weight is 210 g/mol. The van der Waals surface area contributed by atoms with Gasteiger partial charge in [-0.2, -0.15) is 4.98 Å². The molecule has 0 aliphatic rings. The van der Waals surface area contributed by atoms with Crippen molar-refractivity contribution in [3.8, 4) is 10.8 Å². The maximum absolute atomic E-state index is 10.7. The van der Waals surface area contributed by atoms with E-state index in [2.05, 4.69) is 10.1 Å². The topological polar surface area (TPSA) is 108 Å². The zero-order valence-electron chi connectivity index (χ0n) is 6.93. The summed E-state index contributed by atoms with van der Waals surface area (Å²) in [6.45, 7) is 0. The number of nitrogens with zero attached hydrogens (tertiary/aromatic N) is 2. The monoisotopic (exact) mass is 210 g/mol. The van der Waals surface area contributed by atoms with E-state index in [1.165, 1.54) is 11.3 Å². The van der Waals surface area contributed by atoms with Gasteiger partial charge in [-0.1, -0.05) is 5.16 Å². The van der Waals surface area contributed by atoms with Crippen molar-refractivity contribution in [1.82, 2.24) is 10.1 Å². The Bertz CT molecular complexity index is 475. The summed E-state index contributed by atoms with van der Waals surface area (Å²) in [5.74, 6) is -0.658. The maximum atomic E-state index is 10.7. The molecule has 7 heteroatoms. The molecule has 14 heavy (non-hydrogen) atoms. The summed E-state index contributed by atoms with van der Waals surface area (Å²) in [6, 6.07) is 1.72. The fourth-order valence-corrected chi connectivity index (χ4v) is 1.65. The predicted octanol–water partition coefficient (Wildman–Crippen LogP) is 0.479. The summed E-state index contributed by atoms with van der Waals surface area (Å²) >= 11 is 1.35. The van der Waals surface area contributed by atoms with E-state index in [-0.39, 0.29) is 11.7 Å². The highest BCUT2D eigenvalue weighted by Gasteiger charge is 2.15. The standard InChI is InChI=1S/C7H6N4O2S/c8-3-1-2-14-4(3)7-10-6(5(9)12)11-13-7/h1-2H,8H2,(H2,9,12). The van der Waals surface area contributed by atoms with E-state index in [1.54, 1.807) is 11.4 Å². The first-order chi connectivity index (χ1) is 6.68. The number of carbonyl (C=O) groups excluding carboxylic acids is 1. The zero-order chi connectivity index (χ0) is 10.1. The van der Waals surface area contributed by atoms with Gasteiger partial charge in [-0.3, -0.25) is 4.79 Å². The number of anilines is 1. The Hall–Kier alpha value is -1.89. The quantitative estimate of drug-likeness (QED) is 0.749. The van der Waals surface area contributed by atoms with Crippen LogP contribution in [0.2, 0.25) is 0 Å². The molecule has 0 spiro atoms. The van der Waals surface area contributed by atoms with Crippen LogP contribution in [0.25, 0.3) is 10.8 Å². The lowest BCUT2D eigenvalue weighted by Crippen LogP contribution is -2.12. The van der Waals surface area contributed by atoms with E-state index in [4.69, 9.17) is 16.0 Å². The lowest BCUT2D eigenvalue weighted by atomic mass is 10.4. The van der Waals surface area contributed by atoms with Crippen molar-refractivity contribution < 1.29 is 9.32 Å². The van der Waals surface area contributed by atoms with Gasteiger partial charge >= 0.3 is 0 Å². The van der Waals surface area contributed by atoms with Crippen molar-refractivity contribution in [3.63, 3.8) is 0 Å². The molecular formula is C7H6N4O2S. The third-order valence-electron chi connectivity index (χ3n) is 1.54. The molecule has 0 aliphatic heterocycles. The van der Waals surface area contributed by atoms with E-state index >= 15 is 0 Å². The molecular weight excluding hydrogens is 204 g/mol. The van der Waals surface area contributed by atoms with E-state index < -0.39 is 5.91 Å². The van der Waals surface area contributed by atoms with Crippen LogP contribution in [0.5, 0.6) is 0 Å². The van der Waals surface area contributed by atoms with Gasteiger partial charge in [0.15, 0.2) is 0 Å². The summed E-state index contributed by atoms with van der Waals surface area (Å²) in [4.78, 5) is 15.1. The van der Waals surface area contributed by atoms with Gasteiger partial charge in [-0.25, -0.2) is 0 Å². The van der Waals surface area contributed by atoms with Crippen LogP contribution in [0, 0.1) is 0 Å². The molecule has 0 unspecified atom stereocenters. The molecule has 2 aromatic heterocycles. The summed E-state index contributed by atoms with van der Waals surface area (Å²) in [5.41, 5.74) is 11.1. The second kappa shape index (κ2) is 3.11. The van der Waals surface area contributed by atoms with E-state index in [0.717, 1.165) is 0 Å². The average Bonchev–Trinajstić information content (AvgIpc) is 2.71. The fourth-order valence-electron chi connectivity index (χ4n) is 0.909. The van der Waals surface area contributed by atoms with Crippen molar-refractivity contribution >= 4 is 22.9 Å². The highest BCUT2D eigenvalue weighted by molar-refractivity contribution is 7.14. The number of nitrogen functional groups attached to an aromatic ring is 1. The second-order valence-electron chi connectivity index (χ2n) is 2.49.